The zero-order valence-corrected chi connectivity index (χ0v) is 24.0. The zero-order chi connectivity index (χ0) is 28.1. The second kappa shape index (κ2) is 10.3. The molecule has 3 N–H and O–H groups in total. The summed E-state index contributed by atoms with van der Waals surface area (Å²) in [4.78, 5) is 43.0. The Morgan fingerprint density at radius 3 is 2.56 bits per heavy atom. The number of nitrogens with zero attached hydrogens (tertiary/aromatic N) is 2. The maximum Gasteiger partial charge on any atom is 0.326 e. The Labute approximate surface area is 233 Å². The van der Waals surface area contributed by atoms with E-state index < -0.39 is 14.6 Å². The van der Waals surface area contributed by atoms with Gasteiger partial charge in [0.2, 0.25) is 5.91 Å². The predicted molar refractivity (Wildman–Crippen MR) is 151 cm³/mol. The fourth-order valence-corrected chi connectivity index (χ4v) is 8.34. The fraction of sp³-hybridized carbons (Fsp3) is 0.519. The van der Waals surface area contributed by atoms with Crippen molar-refractivity contribution in [2.75, 3.05) is 24.5 Å². The summed E-state index contributed by atoms with van der Waals surface area (Å²) in [5.74, 6) is -0.508. The van der Waals surface area contributed by atoms with Crippen LogP contribution in [0.5, 0.6) is 0 Å². The van der Waals surface area contributed by atoms with Crippen molar-refractivity contribution in [3.05, 3.63) is 47.5 Å². The van der Waals surface area contributed by atoms with Crippen molar-refractivity contribution >= 4 is 45.1 Å². The highest BCUT2D eigenvalue weighted by molar-refractivity contribution is 8.04. The van der Waals surface area contributed by atoms with Crippen LogP contribution in [0.25, 0.3) is 0 Å². The standard InChI is InChI=1S/C27H35N5O5S2/c1-5-20(33)31-14-6-7-16(15-31)29-24(34)23-22-21-19(12-13-28-25(21)38-23)32(26(35)30-22)17-8-10-18(11-9-17)39(36,37)27(2,3)4/h5,8-11,16,19,21,25,28H,1,6-7,12-15H2,2-4H3,(H,29,34)(H,30,35)/t16-,19?,21?,25?/m1/s1. The molecule has 3 saturated heterocycles. The number of urea groups is 1. The molecule has 4 aliphatic heterocycles. The first-order valence-electron chi connectivity index (χ1n) is 13.2. The Morgan fingerprint density at radius 1 is 1.18 bits per heavy atom. The van der Waals surface area contributed by atoms with Gasteiger partial charge in [-0.1, -0.05) is 18.3 Å². The van der Waals surface area contributed by atoms with Crippen LogP contribution in [0.4, 0.5) is 10.5 Å². The lowest BCUT2D eigenvalue weighted by Gasteiger charge is -2.45. The number of rotatable bonds is 5. The van der Waals surface area contributed by atoms with Gasteiger partial charge < -0.3 is 20.9 Å². The minimum atomic E-state index is -3.52. The summed E-state index contributed by atoms with van der Waals surface area (Å²) in [6, 6.07) is 5.77. The fourth-order valence-electron chi connectivity index (χ4n) is 5.74. The topological polar surface area (TPSA) is 128 Å². The monoisotopic (exact) mass is 573 g/mol. The molecule has 4 amide bonds. The molecule has 1 aromatic carbocycles. The van der Waals surface area contributed by atoms with Crippen molar-refractivity contribution in [2.24, 2.45) is 5.92 Å². The zero-order valence-electron chi connectivity index (χ0n) is 22.4. The molecule has 0 bridgehead atoms. The second-order valence-corrected chi connectivity index (χ2v) is 15.2. The molecule has 4 aliphatic rings. The maximum absolute atomic E-state index is 13.4. The molecule has 210 valence electrons. The molecule has 0 aromatic heterocycles. The van der Waals surface area contributed by atoms with E-state index in [0.717, 1.165) is 12.8 Å². The van der Waals surface area contributed by atoms with Crippen molar-refractivity contribution < 1.29 is 22.8 Å². The third kappa shape index (κ3) is 4.98. The van der Waals surface area contributed by atoms with Gasteiger partial charge in [-0.25, -0.2) is 13.2 Å². The summed E-state index contributed by atoms with van der Waals surface area (Å²) in [6.07, 6.45) is 3.55. The molecule has 0 spiro atoms. The number of nitrogens with one attached hydrogen (secondary N) is 3. The number of thioether (sulfide) groups is 1. The molecule has 1 aromatic rings. The average Bonchev–Trinajstić information content (AvgIpc) is 3.27. The van der Waals surface area contributed by atoms with Gasteiger partial charge in [-0.05, 0) is 76.9 Å². The lowest BCUT2D eigenvalue weighted by atomic mass is 9.86. The number of hydrogen-bond acceptors (Lipinski definition) is 7. The van der Waals surface area contributed by atoms with Crippen molar-refractivity contribution in [3.8, 4) is 0 Å². The van der Waals surface area contributed by atoms with E-state index in [2.05, 4.69) is 22.5 Å². The molecule has 12 heteroatoms. The van der Waals surface area contributed by atoms with E-state index in [4.69, 9.17) is 0 Å². The molecule has 3 unspecified atom stereocenters. The van der Waals surface area contributed by atoms with Crippen LogP contribution in [0.2, 0.25) is 0 Å². The molecule has 0 aliphatic carbocycles. The first-order chi connectivity index (χ1) is 18.4. The SMILES string of the molecule is C=CC(=O)N1CCC[C@@H](NC(=O)C2=C3NC(=O)N(c4ccc(S(=O)(=O)C(C)(C)C)cc4)C4CCNC(S2)C34)C1. The third-order valence-corrected chi connectivity index (χ3v) is 11.7. The summed E-state index contributed by atoms with van der Waals surface area (Å²) in [7, 11) is -3.52. The van der Waals surface area contributed by atoms with Crippen LogP contribution in [0.15, 0.2) is 52.4 Å². The van der Waals surface area contributed by atoms with Crippen LogP contribution < -0.4 is 20.9 Å². The minimum Gasteiger partial charge on any atom is -0.347 e. The van der Waals surface area contributed by atoms with Crippen LogP contribution in [0.3, 0.4) is 0 Å². The quantitative estimate of drug-likeness (QED) is 0.462. The number of carbonyl (C=O) groups excluding carboxylic acids is 3. The highest BCUT2D eigenvalue weighted by Gasteiger charge is 2.52. The van der Waals surface area contributed by atoms with E-state index in [1.165, 1.54) is 17.8 Å². The summed E-state index contributed by atoms with van der Waals surface area (Å²) in [5.41, 5.74) is 1.24. The van der Waals surface area contributed by atoms with Gasteiger partial charge in [-0.2, -0.15) is 0 Å². The number of likely N-dealkylation sites (tertiary alicyclic amines) is 1. The van der Waals surface area contributed by atoms with Crippen LogP contribution in [-0.4, -0.2) is 73.0 Å². The van der Waals surface area contributed by atoms with Gasteiger partial charge in [0, 0.05) is 36.4 Å². The smallest absolute Gasteiger partial charge is 0.326 e. The molecule has 39 heavy (non-hydrogen) atoms. The second-order valence-electron chi connectivity index (χ2n) is 11.3. The van der Waals surface area contributed by atoms with Crippen LogP contribution >= 0.6 is 11.8 Å². The predicted octanol–water partition coefficient (Wildman–Crippen LogP) is 2.34. The molecular weight excluding hydrogens is 538 g/mol. The summed E-state index contributed by atoms with van der Waals surface area (Å²) >= 11 is 1.43. The first kappa shape index (κ1) is 27.7. The molecule has 10 nitrogen and oxygen atoms in total. The molecule has 0 saturated carbocycles. The Kier molecular flexibility index (Phi) is 7.32. The van der Waals surface area contributed by atoms with E-state index >= 15 is 0 Å². The number of piperidine rings is 2. The Morgan fingerprint density at radius 2 is 1.90 bits per heavy atom. The lowest BCUT2D eigenvalue weighted by molar-refractivity contribution is -0.128. The molecule has 4 heterocycles. The number of sulfone groups is 1. The van der Waals surface area contributed by atoms with E-state index in [1.54, 1.807) is 54.8 Å². The molecule has 0 radical (unpaired) electrons. The normalized spacial score (nSPS) is 27.1. The van der Waals surface area contributed by atoms with Crippen molar-refractivity contribution in [1.82, 2.24) is 20.9 Å². The number of carbonyl (C=O) groups is 3. The molecule has 5 rings (SSSR count). The number of amides is 4. The van der Waals surface area contributed by atoms with Crippen molar-refractivity contribution in [2.45, 2.75) is 67.1 Å². The third-order valence-electron chi connectivity index (χ3n) is 7.82. The Balaban J connectivity index is 1.37. The Hall–Kier alpha value is -2.83. The van der Waals surface area contributed by atoms with Crippen LogP contribution in [0, 0.1) is 5.92 Å². The highest BCUT2D eigenvalue weighted by Crippen LogP contribution is 2.48. The van der Waals surface area contributed by atoms with Gasteiger partial charge in [0.05, 0.1) is 26.0 Å². The van der Waals surface area contributed by atoms with Crippen LogP contribution in [0.1, 0.15) is 40.0 Å². The average molecular weight is 574 g/mol. The van der Waals surface area contributed by atoms with Gasteiger partial charge in [-0.3, -0.25) is 14.5 Å². The summed E-state index contributed by atoms with van der Waals surface area (Å²) in [6.45, 7) is 10.3. The largest absolute Gasteiger partial charge is 0.347 e. The molecular formula is C27H35N5O5S2. The van der Waals surface area contributed by atoms with E-state index in [9.17, 15) is 22.8 Å². The van der Waals surface area contributed by atoms with Crippen molar-refractivity contribution in [1.29, 1.82) is 0 Å². The van der Waals surface area contributed by atoms with Crippen LogP contribution in [-0.2, 0) is 19.4 Å². The van der Waals surface area contributed by atoms with Gasteiger partial charge >= 0.3 is 6.03 Å². The molecule has 4 atom stereocenters. The summed E-state index contributed by atoms with van der Waals surface area (Å²) in [5, 5.41) is 9.46. The highest BCUT2D eigenvalue weighted by atomic mass is 32.2. The van der Waals surface area contributed by atoms with Gasteiger partial charge in [0.25, 0.3) is 5.91 Å². The number of hydrogen-bond donors (Lipinski definition) is 3. The first-order valence-corrected chi connectivity index (χ1v) is 15.6. The Bertz CT molecular complexity index is 1340. The van der Waals surface area contributed by atoms with E-state index in [1.807, 2.05) is 0 Å². The van der Waals surface area contributed by atoms with Gasteiger partial charge in [-0.15, -0.1) is 0 Å². The minimum absolute atomic E-state index is 0.0756. The van der Waals surface area contributed by atoms with E-state index in [0.29, 0.717) is 42.3 Å². The van der Waals surface area contributed by atoms with Gasteiger partial charge in [0.15, 0.2) is 9.84 Å². The maximum atomic E-state index is 13.4. The van der Waals surface area contributed by atoms with E-state index in [-0.39, 0.29) is 46.1 Å². The molecule has 3 fully saturated rings. The number of anilines is 1. The summed E-state index contributed by atoms with van der Waals surface area (Å²) < 4.78 is 24.8. The van der Waals surface area contributed by atoms with Crippen molar-refractivity contribution in [3.63, 3.8) is 0 Å². The number of benzene rings is 1. The van der Waals surface area contributed by atoms with Gasteiger partial charge in [0.1, 0.15) is 0 Å². The lowest BCUT2D eigenvalue weighted by Crippen LogP contribution is -2.62.